The van der Waals surface area contributed by atoms with Crippen LogP contribution in [0.5, 0.6) is 17.2 Å². The minimum atomic E-state index is -2.00. The molecule has 1 unspecified atom stereocenters. The first-order chi connectivity index (χ1) is 17.9. The first-order valence-corrected chi connectivity index (χ1v) is 12.2. The lowest BCUT2D eigenvalue weighted by molar-refractivity contribution is -0.247. The minimum Gasteiger partial charge on any atom is -0.507 e. The number of halogens is 1. The Hall–Kier alpha value is -3.06. The molecule has 0 spiro atoms. The third-order valence-electron chi connectivity index (χ3n) is 7.80. The number of methoxy groups -OCH3 is 1. The second kappa shape index (κ2) is 10.2. The van der Waals surface area contributed by atoms with Crippen LogP contribution in [-0.2, 0) is 20.7 Å². The average molecular weight is 564 g/mol. The second-order valence-electron chi connectivity index (χ2n) is 10.1. The highest BCUT2D eigenvalue weighted by atomic mass is 35.5. The molecule has 0 amide bonds. The topological polar surface area (TPSA) is 186 Å². The van der Waals surface area contributed by atoms with Crippen molar-refractivity contribution < 1.29 is 49.0 Å². The summed E-state index contributed by atoms with van der Waals surface area (Å²) in [7, 11) is 1.34. The van der Waals surface area contributed by atoms with Gasteiger partial charge in [-0.15, -0.1) is 12.4 Å². The highest BCUT2D eigenvalue weighted by Gasteiger charge is 2.49. The van der Waals surface area contributed by atoms with Gasteiger partial charge in [0.05, 0.1) is 42.1 Å². The van der Waals surface area contributed by atoms with Gasteiger partial charge in [0.15, 0.2) is 17.9 Å². The van der Waals surface area contributed by atoms with Crippen molar-refractivity contribution in [3.63, 3.8) is 0 Å². The van der Waals surface area contributed by atoms with Gasteiger partial charge in [-0.2, -0.15) is 0 Å². The zero-order valence-corrected chi connectivity index (χ0v) is 22.3. The van der Waals surface area contributed by atoms with Gasteiger partial charge >= 0.3 is 0 Å². The fourth-order valence-electron chi connectivity index (χ4n) is 5.66. The molecule has 0 aromatic heterocycles. The summed E-state index contributed by atoms with van der Waals surface area (Å²) in [6.07, 6.45) is -4.53. The Morgan fingerprint density at radius 3 is 2.41 bits per heavy atom. The lowest BCUT2D eigenvalue weighted by atomic mass is 9.72. The number of benzene rings is 2. The van der Waals surface area contributed by atoms with Crippen LogP contribution in [0.1, 0.15) is 75.8 Å². The number of phenolic OH excluding ortho intramolecular Hbond substituents is 2. The number of hydrogen-bond acceptors (Lipinski definition) is 11. The summed E-state index contributed by atoms with van der Waals surface area (Å²) in [6, 6.07) is 3.75. The molecule has 210 valence electrons. The van der Waals surface area contributed by atoms with Crippen LogP contribution in [0.2, 0.25) is 0 Å². The normalized spacial score (nSPS) is 29.5. The molecule has 3 aliphatic rings. The molecule has 2 aliphatic carbocycles. The number of aliphatic hydroxyl groups excluding tert-OH is 1. The Morgan fingerprint density at radius 2 is 1.79 bits per heavy atom. The molecule has 1 heterocycles. The van der Waals surface area contributed by atoms with E-state index in [2.05, 4.69) is 0 Å². The van der Waals surface area contributed by atoms with Crippen LogP contribution in [0.4, 0.5) is 0 Å². The number of fused-ring (bicyclic) bond motifs is 3. The van der Waals surface area contributed by atoms with Crippen molar-refractivity contribution >= 4 is 29.8 Å². The number of carbonyl (C=O) groups excluding carboxylic acids is 3. The van der Waals surface area contributed by atoms with Gasteiger partial charge < -0.3 is 40.4 Å². The van der Waals surface area contributed by atoms with Crippen LogP contribution in [-0.4, -0.2) is 75.0 Å². The van der Waals surface area contributed by atoms with Crippen molar-refractivity contribution in [2.24, 2.45) is 5.73 Å². The van der Waals surface area contributed by atoms with Crippen LogP contribution in [0, 0.1) is 0 Å². The SMILES string of the molecule is COc1cccc2c1C(=O)c1c(O)c3c(c(O)c1C2=O)C[C@@](O)(C(C)=O)C[C@@H]3OC1C[C@H](N)[C@H](O)[C@H](C)O1.Cl. The lowest BCUT2D eigenvalue weighted by Crippen LogP contribution is -2.52. The summed E-state index contributed by atoms with van der Waals surface area (Å²) in [5.74, 6) is -3.18. The van der Waals surface area contributed by atoms with E-state index in [0.29, 0.717) is 0 Å². The molecule has 5 rings (SSSR count). The minimum absolute atomic E-state index is 0. The lowest BCUT2D eigenvalue weighted by Gasteiger charge is -2.42. The zero-order chi connectivity index (χ0) is 27.7. The number of phenols is 2. The Kier molecular flexibility index (Phi) is 7.54. The van der Waals surface area contributed by atoms with Gasteiger partial charge in [-0.25, -0.2) is 0 Å². The molecule has 2 aromatic carbocycles. The maximum absolute atomic E-state index is 13.6. The fraction of sp³-hybridized carbons (Fsp3) is 0.444. The molecule has 6 N–H and O–H groups in total. The predicted octanol–water partition coefficient (Wildman–Crippen LogP) is 1.45. The van der Waals surface area contributed by atoms with Gasteiger partial charge in [0.1, 0.15) is 22.8 Å². The third kappa shape index (κ3) is 4.39. The largest absolute Gasteiger partial charge is 0.507 e. The van der Waals surface area contributed by atoms with Crippen LogP contribution in [0.25, 0.3) is 0 Å². The van der Waals surface area contributed by atoms with Gasteiger partial charge in [-0.1, -0.05) is 12.1 Å². The molecular weight excluding hydrogens is 534 g/mol. The fourth-order valence-corrected chi connectivity index (χ4v) is 5.66. The monoisotopic (exact) mass is 563 g/mol. The summed E-state index contributed by atoms with van der Waals surface area (Å²) in [5, 5.41) is 44.1. The summed E-state index contributed by atoms with van der Waals surface area (Å²) in [5.41, 5.74) is 2.97. The first kappa shape index (κ1) is 28.9. The molecule has 1 saturated heterocycles. The molecule has 1 fully saturated rings. The van der Waals surface area contributed by atoms with E-state index in [4.69, 9.17) is 19.9 Å². The molecule has 0 saturated carbocycles. The number of rotatable bonds is 4. The molecule has 39 heavy (non-hydrogen) atoms. The van der Waals surface area contributed by atoms with Crippen LogP contribution in [0.3, 0.4) is 0 Å². The summed E-state index contributed by atoms with van der Waals surface area (Å²) in [6.45, 7) is 2.79. The molecular formula is C27H30ClNO10. The van der Waals surface area contributed by atoms with E-state index in [9.17, 15) is 34.8 Å². The molecule has 6 atom stereocenters. The Morgan fingerprint density at radius 1 is 1.13 bits per heavy atom. The summed E-state index contributed by atoms with van der Waals surface area (Å²) >= 11 is 0. The van der Waals surface area contributed by atoms with Gasteiger partial charge in [0.2, 0.25) is 5.78 Å². The Labute approximate surface area is 229 Å². The van der Waals surface area contributed by atoms with E-state index in [1.165, 1.54) is 32.2 Å². The maximum atomic E-state index is 13.6. The van der Waals surface area contributed by atoms with E-state index in [-0.39, 0.29) is 53.3 Å². The van der Waals surface area contributed by atoms with Crippen molar-refractivity contribution in [3.8, 4) is 17.2 Å². The number of Topliss-reactive ketones (excluding diaryl/α,β-unsaturated/α-hetero) is 1. The van der Waals surface area contributed by atoms with Crippen molar-refractivity contribution in [3.05, 3.63) is 51.6 Å². The average Bonchev–Trinajstić information content (AvgIpc) is 2.87. The number of nitrogens with two attached hydrogens (primary N) is 1. The number of aromatic hydroxyl groups is 2. The van der Waals surface area contributed by atoms with Crippen molar-refractivity contribution in [2.75, 3.05) is 7.11 Å². The quantitative estimate of drug-likeness (QED) is 0.289. The highest BCUT2D eigenvalue weighted by Crippen LogP contribution is 2.52. The predicted molar refractivity (Wildman–Crippen MR) is 138 cm³/mol. The molecule has 1 aliphatic heterocycles. The standard InChI is InChI=1S/C27H29NO10.ClH/c1-10-22(30)14(28)7-17(37-10)38-16-9-27(35,11(2)29)8-13-19(16)26(34)21-20(24(13)32)23(31)12-5-4-6-15(36-3)18(12)25(21)33;/h4-6,10,14,16-17,22,30,32,34-35H,7-9,28H2,1-3H3;1H/t10-,14-,16-,17?,22+,27-;/m0./s1. The molecule has 2 aromatic rings. The Balaban J connectivity index is 0.00000353. The van der Waals surface area contributed by atoms with E-state index in [1.54, 1.807) is 6.92 Å². The first-order valence-electron chi connectivity index (χ1n) is 12.2. The maximum Gasteiger partial charge on any atom is 0.202 e. The van der Waals surface area contributed by atoms with E-state index >= 15 is 0 Å². The van der Waals surface area contributed by atoms with Gasteiger partial charge in [-0.05, 0) is 19.9 Å². The van der Waals surface area contributed by atoms with E-state index in [0.717, 1.165) is 0 Å². The van der Waals surface area contributed by atoms with Crippen molar-refractivity contribution in [1.29, 1.82) is 0 Å². The highest BCUT2D eigenvalue weighted by molar-refractivity contribution is 6.31. The molecule has 11 nitrogen and oxygen atoms in total. The smallest absolute Gasteiger partial charge is 0.202 e. The van der Waals surface area contributed by atoms with Crippen LogP contribution in [0.15, 0.2) is 18.2 Å². The van der Waals surface area contributed by atoms with Crippen molar-refractivity contribution in [2.45, 2.75) is 69.4 Å². The van der Waals surface area contributed by atoms with E-state index in [1.807, 2.05) is 0 Å². The third-order valence-corrected chi connectivity index (χ3v) is 7.80. The number of aliphatic hydroxyl groups is 2. The van der Waals surface area contributed by atoms with Crippen molar-refractivity contribution in [1.82, 2.24) is 0 Å². The number of ether oxygens (including phenoxy) is 3. The number of carbonyl (C=O) groups is 3. The molecule has 0 bridgehead atoms. The van der Waals surface area contributed by atoms with Crippen LogP contribution < -0.4 is 10.5 Å². The summed E-state index contributed by atoms with van der Waals surface area (Å²) < 4.78 is 17.1. The summed E-state index contributed by atoms with van der Waals surface area (Å²) in [4.78, 5) is 39.6. The van der Waals surface area contributed by atoms with Gasteiger partial charge in [0.25, 0.3) is 0 Å². The second-order valence-corrected chi connectivity index (χ2v) is 10.1. The van der Waals surface area contributed by atoms with Crippen LogP contribution >= 0.6 is 12.4 Å². The van der Waals surface area contributed by atoms with E-state index < -0.39 is 82.6 Å². The van der Waals surface area contributed by atoms with Gasteiger partial charge in [-0.3, -0.25) is 14.4 Å². The number of ketones is 3. The molecule has 0 radical (unpaired) electrons. The Bertz CT molecular complexity index is 1370. The number of hydrogen-bond donors (Lipinski definition) is 5. The van der Waals surface area contributed by atoms with Gasteiger partial charge in [0, 0.05) is 42.0 Å². The zero-order valence-electron chi connectivity index (χ0n) is 21.5. The molecule has 12 heteroatoms.